The van der Waals surface area contributed by atoms with Crippen LogP contribution >= 0.6 is 11.6 Å². The van der Waals surface area contributed by atoms with Crippen LogP contribution < -0.4 is 14.9 Å². The van der Waals surface area contributed by atoms with Gasteiger partial charge in [-0.15, -0.1) is 0 Å². The summed E-state index contributed by atoms with van der Waals surface area (Å²) in [5.74, 6) is 1.92. The first kappa shape index (κ1) is 28.0. The van der Waals surface area contributed by atoms with Crippen LogP contribution in [0.1, 0.15) is 27.9 Å². The first-order chi connectivity index (χ1) is 21.1. The Hall–Kier alpha value is -5.14. The first-order valence-corrected chi connectivity index (χ1v) is 14.3. The zero-order valence-electron chi connectivity index (χ0n) is 23.9. The van der Waals surface area contributed by atoms with Gasteiger partial charge in [-0.05, 0) is 72.5 Å². The van der Waals surface area contributed by atoms with Gasteiger partial charge in [0.1, 0.15) is 19.5 Å². The monoisotopic (exact) mass is 587 g/mol. The normalized spacial score (nSPS) is 11.2. The highest BCUT2D eigenvalue weighted by atomic mass is 35.5. The van der Waals surface area contributed by atoms with Gasteiger partial charge in [-0.25, -0.2) is 9.97 Å². The largest absolute Gasteiger partial charge is 0.485 e. The maximum Gasteiger partial charge on any atom is 0.162 e. The Morgan fingerprint density at radius 1 is 0.791 bits per heavy atom. The van der Waals surface area contributed by atoms with Crippen LogP contribution in [0.15, 0.2) is 115 Å². The van der Waals surface area contributed by atoms with Gasteiger partial charge in [0.2, 0.25) is 0 Å². The van der Waals surface area contributed by atoms with E-state index >= 15 is 0 Å². The van der Waals surface area contributed by atoms with Crippen LogP contribution in [0.2, 0.25) is 5.02 Å². The second kappa shape index (κ2) is 12.8. The van der Waals surface area contributed by atoms with Gasteiger partial charge in [-0.2, -0.15) is 5.10 Å². The summed E-state index contributed by atoms with van der Waals surface area (Å²) in [5.41, 5.74) is 9.95. The molecule has 0 fully saturated rings. The van der Waals surface area contributed by atoms with Crippen molar-refractivity contribution in [3.05, 3.63) is 142 Å². The summed E-state index contributed by atoms with van der Waals surface area (Å²) in [6.45, 7) is 4.97. The van der Waals surface area contributed by atoms with Gasteiger partial charge < -0.3 is 9.47 Å². The molecule has 6 aromatic rings. The average Bonchev–Trinajstić information content (AvgIpc) is 3.30. The number of fused-ring (bicyclic) bond motifs is 1. The maximum absolute atomic E-state index is 6.29. The van der Waals surface area contributed by atoms with Crippen LogP contribution in [0.5, 0.6) is 11.5 Å². The maximum atomic E-state index is 6.29. The number of rotatable bonds is 10. The number of benzene rings is 4. The molecule has 1 N–H and O–H groups in total. The lowest BCUT2D eigenvalue weighted by Crippen LogP contribution is -2.02. The predicted octanol–water partition coefficient (Wildman–Crippen LogP) is 8.29. The number of nitrogens with one attached hydrogen (secondary N) is 1. The van der Waals surface area contributed by atoms with Crippen LogP contribution in [-0.2, 0) is 13.2 Å². The molecule has 0 aliphatic heterocycles. The van der Waals surface area contributed by atoms with Gasteiger partial charge in [0.15, 0.2) is 23.0 Å². The summed E-state index contributed by atoms with van der Waals surface area (Å²) in [6.07, 6.45) is 3.27. The van der Waals surface area contributed by atoms with Gasteiger partial charge in [0.25, 0.3) is 0 Å². The lowest BCUT2D eigenvalue weighted by Gasteiger charge is -2.14. The molecule has 4 aromatic carbocycles. The van der Waals surface area contributed by atoms with Crippen LogP contribution in [0.4, 0.5) is 5.82 Å². The SMILES string of the molecule is Cc1c(C)n(-c2cccc(Cl)c2)c2ncnc(N/N=C/c3ccc(OCc4ccccc4)c(OCc4ccccc4)c3)c12. The minimum Gasteiger partial charge on any atom is -0.485 e. The molecule has 0 aliphatic rings. The van der Waals surface area contributed by atoms with E-state index in [2.05, 4.69) is 38.9 Å². The fourth-order valence-electron chi connectivity index (χ4n) is 4.89. The highest BCUT2D eigenvalue weighted by Gasteiger charge is 2.17. The van der Waals surface area contributed by atoms with Gasteiger partial charge in [-0.1, -0.05) is 78.3 Å². The number of ether oxygens (including phenoxy) is 2. The van der Waals surface area contributed by atoms with Crippen molar-refractivity contribution < 1.29 is 9.47 Å². The minimum absolute atomic E-state index is 0.419. The summed E-state index contributed by atoms with van der Waals surface area (Å²) >= 11 is 6.29. The number of halogens is 1. The van der Waals surface area contributed by atoms with E-state index in [4.69, 9.17) is 21.1 Å². The topological polar surface area (TPSA) is 73.6 Å². The third-order valence-corrected chi connectivity index (χ3v) is 7.42. The minimum atomic E-state index is 0.419. The van der Waals surface area contributed by atoms with Crippen LogP contribution in [0.25, 0.3) is 16.7 Å². The van der Waals surface area contributed by atoms with E-state index in [0.717, 1.165) is 44.7 Å². The molecule has 0 radical (unpaired) electrons. The number of hydrogen-bond donors (Lipinski definition) is 1. The molecule has 214 valence electrons. The van der Waals surface area contributed by atoms with Crippen molar-refractivity contribution >= 4 is 34.7 Å². The number of nitrogens with zero attached hydrogens (tertiary/aromatic N) is 4. The molecule has 7 nitrogen and oxygen atoms in total. The fraction of sp³-hybridized carbons (Fsp3) is 0.114. The lowest BCUT2D eigenvalue weighted by molar-refractivity contribution is 0.256. The Bertz CT molecular complexity index is 1890. The summed E-state index contributed by atoms with van der Waals surface area (Å²) in [5, 5.41) is 6.08. The standard InChI is InChI=1S/C35H30ClN5O2/c1-24-25(2)41(30-15-9-14-29(36)19-30)35-33(24)34(37-23-38-35)40-39-20-28-16-17-31(42-21-26-10-5-3-6-11-26)32(18-28)43-22-27-12-7-4-8-13-27/h3-20,23H,21-22H2,1-2H3,(H,37,38,40)/b39-20+. The van der Waals surface area contributed by atoms with Crippen molar-refractivity contribution in [3.8, 4) is 17.2 Å². The van der Waals surface area contributed by atoms with E-state index in [1.165, 1.54) is 6.33 Å². The smallest absolute Gasteiger partial charge is 0.162 e. The molecule has 0 saturated heterocycles. The van der Waals surface area contributed by atoms with Crippen molar-refractivity contribution in [2.45, 2.75) is 27.1 Å². The molecular formula is C35H30ClN5O2. The van der Waals surface area contributed by atoms with Crippen molar-refractivity contribution in [1.82, 2.24) is 14.5 Å². The molecule has 8 heteroatoms. The third-order valence-electron chi connectivity index (χ3n) is 7.18. The van der Waals surface area contributed by atoms with Crippen molar-refractivity contribution in [3.63, 3.8) is 0 Å². The van der Waals surface area contributed by atoms with Gasteiger partial charge >= 0.3 is 0 Å². The molecule has 0 atom stereocenters. The Morgan fingerprint density at radius 2 is 1.49 bits per heavy atom. The number of aromatic nitrogens is 3. The Kier molecular flexibility index (Phi) is 8.33. The van der Waals surface area contributed by atoms with E-state index in [-0.39, 0.29) is 0 Å². The first-order valence-electron chi connectivity index (χ1n) is 13.9. The molecule has 43 heavy (non-hydrogen) atoms. The molecule has 0 spiro atoms. The Labute approximate surface area is 255 Å². The van der Waals surface area contributed by atoms with Gasteiger partial charge in [0, 0.05) is 16.4 Å². The molecule has 2 heterocycles. The zero-order valence-corrected chi connectivity index (χ0v) is 24.6. The van der Waals surface area contributed by atoms with Crippen molar-refractivity contribution in [2.75, 3.05) is 5.43 Å². The second-order valence-electron chi connectivity index (χ2n) is 10.1. The molecule has 0 bridgehead atoms. The Balaban J connectivity index is 1.25. The van der Waals surface area contributed by atoms with Gasteiger partial charge in [0.05, 0.1) is 11.6 Å². The lowest BCUT2D eigenvalue weighted by atomic mass is 10.2. The summed E-state index contributed by atoms with van der Waals surface area (Å²) in [4.78, 5) is 9.08. The number of hydrazone groups is 1. The highest BCUT2D eigenvalue weighted by molar-refractivity contribution is 6.30. The number of hydrogen-bond acceptors (Lipinski definition) is 6. The third kappa shape index (κ3) is 6.37. The molecule has 0 amide bonds. The molecular weight excluding hydrogens is 558 g/mol. The van der Waals surface area contributed by atoms with E-state index in [9.17, 15) is 0 Å². The zero-order chi connectivity index (χ0) is 29.6. The molecule has 2 aromatic heterocycles. The summed E-state index contributed by atoms with van der Waals surface area (Å²) < 4.78 is 14.4. The quantitative estimate of drug-likeness (QED) is 0.129. The number of anilines is 1. The number of aryl methyl sites for hydroxylation is 1. The van der Waals surface area contributed by atoms with E-state index in [0.29, 0.717) is 35.6 Å². The van der Waals surface area contributed by atoms with Gasteiger partial charge in [-0.3, -0.25) is 9.99 Å². The van der Waals surface area contributed by atoms with E-state index in [1.54, 1.807) is 6.21 Å². The highest BCUT2D eigenvalue weighted by Crippen LogP contribution is 2.32. The van der Waals surface area contributed by atoms with Crippen LogP contribution in [-0.4, -0.2) is 20.7 Å². The average molecular weight is 588 g/mol. The summed E-state index contributed by atoms with van der Waals surface area (Å²) in [7, 11) is 0. The predicted molar refractivity (Wildman–Crippen MR) is 173 cm³/mol. The Morgan fingerprint density at radius 3 is 2.19 bits per heavy atom. The van der Waals surface area contributed by atoms with Crippen molar-refractivity contribution in [1.29, 1.82) is 0 Å². The molecule has 0 saturated carbocycles. The molecule has 0 aliphatic carbocycles. The van der Waals surface area contributed by atoms with E-state index < -0.39 is 0 Å². The van der Waals surface area contributed by atoms with Crippen LogP contribution in [0, 0.1) is 13.8 Å². The van der Waals surface area contributed by atoms with E-state index in [1.807, 2.05) is 103 Å². The van der Waals surface area contributed by atoms with Crippen molar-refractivity contribution in [2.24, 2.45) is 5.10 Å². The molecule has 0 unspecified atom stereocenters. The summed E-state index contributed by atoms with van der Waals surface area (Å²) in [6, 6.07) is 33.6. The second-order valence-corrected chi connectivity index (χ2v) is 10.5. The molecule has 6 rings (SSSR count). The fourth-order valence-corrected chi connectivity index (χ4v) is 5.07. The van der Waals surface area contributed by atoms with Crippen LogP contribution in [0.3, 0.4) is 0 Å².